The van der Waals surface area contributed by atoms with Crippen LogP contribution in [0.3, 0.4) is 0 Å². The van der Waals surface area contributed by atoms with E-state index in [0.717, 1.165) is 39.4 Å². The second-order valence-electron chi connectivity index (χ2n) is 4.99. The van der Waals surface area contributed by atoms with Crippen LogP contribution in [0, 0.1) is 0 Å². The Morgan fingerprint density at radius 1 is 0.714 bits per heavy atom. The van der Waals surface area contributed by atoms with Gasteiger partial charge in [0.15, 0.2) is 6.29 Å². The van der Waals surface area contributed by atoms with E-state index < -0.39 is 0 Å². The third kappa shape index (κ3) is 1.77. The Morgan fingerprint density at radius 2 is 1.43 bits per heavy atom. The van der Waals surface area contributed by atoms with Crippen LogP contribution in [0.25, 0.3) is 33.1 Å². The first-order valence-corrected chi connectivity index (χ1v) is 6.83. The van der Waals surface area contributed by atoms with E-state index in [4.69, 9.17) is 4.42 Å². The Hall–Kier alpha value is -2.87. The monoisotopic (exact) mass is 272 g/mol. The summed E-state index contributed by atoms with van der Waals surface area (Å²) in [6.45, 7) is 0. The Balaban J connectivity index is 2.12. The summed E-state index contributed by atoms with van der Waals surface area (Å²) in [7, 11) is 0. The van der Waals surface area contributed by atoms with Crippen molar-refractivity contribution in [3.63, 3.8) is 0 Å². The minimum absolute atomic E-state index is 0.672. The van der Waals surface area contributed by atoms with Crippen molar-refractivity contribution in [2.75, 3.05) is 0 Å². The molecule has 0 radical (unpaired) electrons. The van der Waals surface area contributed by atoms with E-state index in [9.17, 15) is 4.79 Å². The maximum absolute atomic E-state index is 11.3. The molecule has 3 aromatic carbocycles. The number of carbonyl (C=O) groups is 1. The molecule has 0 unspecified atom stereocenters. The Labute approximate surface area is 121 Å². The average Bonchev–Trinajstić information content (AvgIpc) is 2.93. The molecule has 0 saturated heterocycles. The predicted molar refractivity (Wildman–Crippen MR) is 84.5 cm³/mol. The topological polar surface area (TPSA) is 30.2 Å². The van der Waals surface area contributed by atoms with Crippen LogP contribution in [-0.4, -0.2) is 6.29 Å². The molecule has 0 saturated carbocycles. The van der Waals surface area contributed by atoms with E-state index >= 15 is 0 Å². The van der Waals surface area contributed by atoms with Gasteiger partial charge in [-0.05, 0) is 11.6 Å². The molecule has 1 aromatic heterocycles. The number of furan rings is 1. The van der Waals surface area contributed by atoms with Gasteiger partial charge in [0.25, 0.3) is 0 Å². The maximum Gasteiger partial charge on any atom is 0.150 e. The van der Waals surface area contributed by atoms with E-state index in [1.165, 1.54) is 0 Å². The van der Waals surface area contributed by atoms with Gasteiger partial charge in [-0.1, -0.05) is 60.7 Å². The molecule has 0 aliphatic rings. The summed E-state index contributed by atoms with van der Waals surface area (Å²) in [4.78, 5) is 11.3. The molecule has 0 N–H and O–H groups in total. The van der Waals surface area contributed by atoms with Crippen LogP contribution in [-0.2, 0) is 0 Å². The first kappa shape index (κ1) is 11.9. The second-order valence-corrected chi connectivity index (χ2v) is 4.99. The highest BCUT2D eigenvalue weighted by molar-refractivity contribution is 6.10. The van der Waals surface area contributed by atoms with Gasteiger partial charge in [0.2, 0.25) is 0 Å². The molecule has 1 heterocycles. The van der Waals surface area contributed by atoms with Gasteiger partial charge < -0.3 is 4.42 Å². The van der Waals surface area contributed by atoms with Gasteiger partial charge in [-0.2, -0.15) is 0 Å². The predicted octanol–water partition coefficient (Wildman–Crippen LogP) is 5.07. The number of hydrogen-bond acceptors (Lipinski definition) is 2. The molecule has 100 valence electrons. The van der Waals surface area contributed by atoms with Crippen molar-refractivity contribution in [2.45, 2.75) is 0 Å². The molecular formula is C19H12O2. The molecule has 4 aromatic rings. The van der Waals surface area contributed by atoms with Gasteiger partial charge in [-0.25, -0.2) is 0 Å². The zero-order valence-electron chi connectivity index (χ0n) is 11.2. The summed E-state index contributed by atoms with van der Waals surface area (Å²) in [5, 5.41) is 2.17. The van der Waals surface area contributed by atoms with E-state index in [-0.39, 0.29) is 0 Å². The lowest BCUT2D eigenvalue weighted by Crippen LogP contribution is -1.87. The van der Waals surface area contributed by atoms with Crippen LogP contribution in [0.15, 0.2) is 71.1 Å². The normalized spacial score (nSPS) is 11.0. The Bertz CT molecular complexity index is 964. The van der Waals surface area contributed by atoms with Gasteiger partial charge >= 0.3 is 0 Å². The molecule has 0 bridgehead atoms. The van der Waals surface area contributed by atoms with Crippen molar-refractivity contribution in [1.29, 1.82) is 0 Å². The standard InChI is InChI=1S/C19H12O2/c20-12-13-6-1-2-7-14(13)16-9-5-10-17-15-8-3-4-11-18(15)21-19(16)17/h1-12H. The van der Waals surface area contributed by atoms with Gasteiger partial charge in [-0.15, -0.1) is 0 Å². The van der Waals surface area contributed by atoms with Crippen LogP contribution in [0.5, 0.6) is 0 Å². The van der Waals surface area contributed by atoms with Crippen molar-refractivity contribution in [3.8, 4) is 11.1 Å². The van der Waals surface area contributed by atoms with E-state index in [0.29, 0.717) is 5.56 Å². The lowest BCUT2D eigenvalue weighted by molar-refractivity contribution is 0.112. The first-order chi connectivity index (χ1) is 10.4. The van der Waals surface area contributed by atoms with Crippen molar-refractivity contribution >= 4 is 28.2 Å². The van der Waals surface area contributed by atoms with Crippen molar-refractivity contribution < 1.29 is 9.21 Å². The zero-order chi connectivity index (χ0) is 14.2. The molecule has 2 heteroatoms. The van der Waals surface area contributed by atoms with Gasteiger partial charge in [0, 0.05) is 21.9 Å². The van der Waals surface area contributed by atoms with Crippen LogP contribution < -0.4 is 0 Å². The molecule has 0 aliphatic carbocycles. The third-order valence-corrected chi connectivity index (χ3v) is 3.78. The lowest BCUT2D eigenvalue weighted by Gasteiger charge is -2.05. The molecule has 0 aliphatic heterocycles. The Morgan fingerprint density at radius 3 is 2.33 bits per heavy atom. The van der Waals surface area contributed by atoms with E-state index in [1.54, 1.807) is 0 Å². The number of rotatable bonds is 2. The molecule has 0 amide bonds. The lowest BCUT2D eigenvalue weighted by atomic mass is 9.98. The first-order valence-electron chi connectivity index (χ1n) is 6.83. The van der Waals surface area contributed by atoms with Gasteiger partial charge in [-0.3, -0.25) is 4.79 Å². The number of benzene rings is 3. The van der Waals surface area contributed by atoms with Gasteiger partial charge in [0.1, 0.15) is 11.2 Å². The molecule has 0 fully saturated rings. The molecular weight excluding hydrogens is 260 g/mol. The summed E-state index contributed by atoms with van der Waals surface area (Å²) in [5.74, 6) is 0. The molecule has 2 nitrogen and oxygen atoms in total. The summed E-state index contributed by atoms with van der Waals surface area (Å²) in [6.07, 6.45) is 0.886. The van der Waals surface area contributed by atoms with E-state index in [1.807, 2.05) is 60.7 Å². The van der Waals surface area contributed by atoms with Gasteiger partial charge in [0.05, 0.1) is 0 Å². The number of hydrogen-bond donors (Lipinski definition) is 0. The van der Waals surface area contributed by atoms with Crippen LogP contribution in [0.2, 0.25) is 0 Å². The fraction of sp³-hybridized carbons (Fsp3) is 0. The molecule has 4 rings (SSSR count). The fourth-order valence-corrected chi connectivity index (χ4v) is 2.80. The molecule has 0 atom stereocenters. The quantitative estimate of drug-likeness (QED) is 0.477. The Kier molecular flexibility index (Phi) is 2.61. The minimum Gasteiger partial charge on any atom is -0.455 e. The minimum atomic E-state index is 0.672. The smallest absolute Gasteiger partial charge is 0.150 e. The second kappa shape index (κ2) is 4.60. The number of para-hydroxylation sites is 2. The highest BCUT2D eigenvalue weighted by Gasteiger charge is 2.13. The van der Waals surface area contributed by atoms with Crippen LogP contribution >= 0.6 is 0 Å². The van der Waals surface area contributed by atoms with Crippen LogP contribution in [0.1, 0.15) is 10.4 Å². The fourth-order valence-electron chi connectivity index (χ4n) is 2.80. The largest absolute Gasteiger partial charge is 0.455 e. The third-order valence-electron chi connectivity index (χ3n) is 3.78. The zero-order valence-corrected chi connectivity index (χ0v) is 11.2. The maximum atomic E-state index is 11.3. The number of carbonyl (C=O) groups excluding carboxylic acids is 1. The number of aldehydes is 1. The SMILES string of the molecule is O=Cc1ccccc1-c1cccc2c1oc1ccccc12. The summed E-state index contributed by atoms with van der Waals surface area (Å²) < 4.78 is 6.02. The van der Waals surface area contributed by atoms with Crippen LogP contribution in [0.4, 0.5) is 0 Å². The van der Waals surface area contributed by atoms with Crippen molar-refractivity contribution in [1.82, 2.24) is 0 Å². The van der Waals surface area contributed by atoms with E-state index in [2.05, 4.69) is 6.07 Å². The summed E-state index contributed by atoms with van der Waals surface area (Å²) >= 11 is 0. The molecule has 0 spiro atoms. The number of fused-ring (bicyclic) bond motifs is 3. The summed E-state index contributed by atoms with van der Waals surface area (Å²) in [5.41, 5.74) is 4.21. The highest BCUT2D eigenvalue weighted by atomic mass is 16.3. The van der Waals surface area contributed by atoms with Crippen molar-refractivity contribution in [2.24, 2.45) is 0 Å². The highest BCUT2D eigenvalue weighted by Crippen LogP contribution is 2.36. The molecule has 21 heavy (non-hydrogen) atoms. The van der Waals surface area contributed by atoms with Crippen molar-refractivity contribution in [3.05, 3.63) is 72.3 Å². The average molecular weight is 272 g/mol. The summed E-state index contributed by atoms with van der Waals surface area (Å²) in [6, 6.07) is 21.6.